The quantitative estimate of drug-likeness (QED) is 0.765. The number of allylic oxidation sites excluding steroid dienone is 1. The van der Waals surface area contributed by atoms with E-state index in [1.165, 1.54) is 0 Å². The molecule has 3 N–H and O–H groups in total. The Morgan fingerprint density at radius 1 is 1.47 bits per heavy atom. The van der Waals surface area contributed by atoms with Crippen LogP contribution in [0.2, 0.25) is 0 Å². The Kier molecular flexibility index (Phi) is 7.07. The average molecular weight is 424 g/mol. The fourth-order valence-corrected chi connectivity index (χ4v) is 2.61. The van der Waals surface area contributed by atoms with Gasteiger partial charge in [-0.15, -0.1) is 0 Å². The normalized spacial score (nSPS) is 18.3. The van der Waals surface area contributed by atoms with Gasteiger partial charge in [0.2, 0.25) is 0 Å². The summed E-state index contributed by atoms with van der Waals surface area (Å²) in [5.41, 5.74) is 8.79. The van der Waals surface area contributed by atoms with Gasteiger partial charge in [-0.05, 0) is 32.1 Å². The van der Waals surface area contributed by atoms with Gasteiger partial charge in [0.25, 0.3) is 0 Å². The highest BCUT2D eigenvalue weighted by molar-refractivity contribution is 6.08. The molecule has 0 aromatic heterocycles. The van der Waals surface area contributed by atoms with Crippen LogP contribution >= 0.6 is 0 Å². The standard InChI is InChI=1S/C17H18N4O2.C2HF3O2/c1-3-22-16-7-5-4-6-15(16)21-17(19)13(9-18)12-8-11(2)23-10-14(12)20-21;3-2(4,5)1(6)7/h4-8,11H,3,10,19H2,1-2H3;(H,6,7). The van der Waals surface area contributed by atoms with Crippen molar-refractivity contribution >= 4 is 17.4 Å². The van der Waals surface area contributed by atoms with Gasteiger partial charge in [-0.25, -0.2) is 9.80 Å². The zero-order valence-corrected chi connectivity index (χ0v) is 16.1. The lowest BCUT2D eigenvalue weighted by molar-refractivity contribution is -0.192. The molecular formula is C19H19F3N4O4. The van der Waals surface area contributed by atoms with Crippen LogP contribution in [0.1, 0.15) is 13.8 Å². The molecule has 30 heavy (non-hydrogen) atoms. The molecule has 0 fully saturated rings. The van der Waals surface area contributed by atoms with Crippen LogP contribution in [-0.4, -0.2) is 42.3 Å². The molecule has 0 radical (unpaired) electrons. The van der Waals surface area contributed by atoms with Crippen molar-refractivity contribution in [1.29, 1.82) is 5.26 Å². The highest BCUT2D eigenvalue weighted by Gasteiger charge is 2.38. The van der Waals surface area contributed by atoms with E-state index in [-0.39, 0.29) is 6.10 Å². The largest absolute Gasteiger partial charge is 0.492 e. The number of hydrogen-bond donors (Lipinski definition) is 2. The van der Waals surface area contributed by atoms with Crippen LogP contribution in [0.3, 0.4) is 0 Å². The predicted octanol–water partition coefficient (Wildman–Crippen LogP) is 2.93. The van der Waals surface area contributed by atoms with E-state index in [4.69, 9.17) is 25.1 Å². The number of carboxylic acid groups (broad SMARTS) is 1. The summed E-state index contributed by atoms with van der Waals surface area (Å²) in [5.74, 6) is -1.80. The predicted molar refractivity (Wildman–Crippen MR) is 102 cm³/mol. The molecule has 2 aliphatic rings. The van der Waals surface area contributed by atoms with Gasteiger partial charge >= 0.3 is 12.1 Å². The topological polar surface area (TPSA) is 121 Å². The van der Waals surface area contributed by atoms with Crippen molar-refractivity contribution in [3.63, 3.8) is 0 Å². The number of ether oxygens (including phenoxy) is 2. The Bertz CT molecular complexity index is 948. The van der Waals surface area contributed by atoms with Crippen molar-refractivity contribution in [1.82, 2.24) is 0 Å². The minimum absolute atomic E-state index is 0.0673. The van der Waals surface area contributed by atoms with Crippen LogP contribution in [0.4, 0.5) is 18.9 Å². The van der Waals surface area contributed by atoms with E-state index in [1.807, 2.05) is 44.2 Å². The van der Waals surface area contributed by atoms with Crippen LogP contribution in [0.5, 0.6) is 5.75 Å². The van der Waals surface area contributed by atoms with E-state index in [9.17, 15) is 18.4 Å². The molecule has 0 aliphatic carbocycles. The molecule has 1 aromatic carbocycles. The maximum absolute atomic E-state index is 10.6. The van der Waals surface area contributed by atoms with Gasteiger partial charge in [-0.3, -0.25) is 0 Å². The van der Waals surface area contributed by atoms with E-state index in [1.54, 1.807) is 5.01 Å². The van der Waals surface area contributed by atoms with E-state index in [2.05, 4.69) is 11.2 Å². The first kappa shape index (κ1) is 22.8. The number of nitrogens with two attached hydrogens (primary N) is 1. The highest BCUT2D eigenvalue weighted by Crippen LogP contribution is 2.35. The van der Waals surface area contributed by atoms with Gasteiger partial charge < -0.3 is 20.3 Å². The minimum Gasteiger partial charge on any atom is -0.492 e. The van der Waals surface area contributed by atoms with Crippen molar-refractivity contribution in [2.24, 2.45) is 10.8 Å². The lowest BCUT2D eigenvalue weighted by Gasteiger charge is -2.31. The number of nitriles is 1. The fourth-order valence-electron chi connectivity index (χ4n) is 2.61. The number of nitrogens with zero attached hydrogens (tertiary/aromatic N) is 3. The molecule has 1 atom stereocenters. The van der Waals surface area contributed by atoms with Crippen molar-refractivity contribution in [3.8, 4) is 11.8 Å². The molecular weight excluding hydrogens is 405 g/mol. The van der Waals surface area contributed by atoms with E-state index in [0.29, 0.717) is 41.8 Å². The van der Waals surface area contributed by atoms with E-state index < -0.39 is 12.1 Å². The Hall–Kier alpha value is -3.52. The summed E-state index contributed by atoms with van der Waals surface area (Å²) >= 11 is 0. The molecule has 160 valence electrons. The van der Waals surface area contributed by atoms with Crippen LogP contribution < -0.4 is 15.5 Å². The van der Waals surface area contributed by atoms with Crippen LogP contribution in [0.25, 0.3) is 0 Å². The van der Waals surface area contributed by atoms with Crippen molar-refractivity contribution in [2.45, 2.75) is 26.1 Å². The summed E-state index contributed by atoms with van der Waals surface area (Å²) in [4.78, 5) is 8.90. The van der Waals surface area contributed by atoms with Gasteiger partial charge in [0.05, 0.1) is 25.0 Å². The number of para-hydroxylation sites is 2. The first-order chi connectivity index (χ1) is 14.1. The maximum atomic E-state index is 10.6. The van der Waals surface area contributed by atoms with Gasteiger partial charge in [0.1, 0.15) is 28.9 Å². The molecule has 0 bridgehead atoms. The van der Waals surface area contributed by atoms with Crippen LogP contribution in [0, 0.1) is 11.3 Å². The molecule has 0 saturated heterocycles. The Balaban J connectivity index is 0.000000396. The van der Waals surface area contributed by atoms with Crippen molar-refractivity contribution in [3.05, 3.63) is 47.3 Å². The lowest BCUT2D eigenvalue weighted by Crippen LogP contribution is -2.36. The molecule has 11 heteroatoms. The molecule has 0 amide bonds. The monoisotopic (exact) mass is 424 g/mol. The molecule has 1 aromatic rings. The Morgan fingerprint density at radius 2 is 2.10 bits per heavy atom. The number of alkyl halides is 3. The van der Waals surface area contributed by atoms with Crippen molar-refractivity contribution < 1.29 is 32.5 Å². The Morgan fingerprint density at radius 3 is 2.67 bits per heavy atom. The van der Waals surface area contributed by atoms with Crippen molar-refractivity contribution in [2.75, 3.05) is 18.2 Å². The van der Waals surface area contributed by atoms with Gasteiger partial charge in [0.15, 0.2) is 0 Å². The van der Waals surface area contributed by atoms with E-state index >= 15 is 0 Å². The number of anilines is 1. The highest BCUT2D eigenvalue weighted by atomic mass is 19.4. The summed E-state index contributed by atoms with van der Waals surface area (Å²) < 4.78 is 43.0. The number of rotatable bonds is 3. The third kappa shape index (κ3) is 5.09. The summed E-state index contributed by atoms with van der Waals surface area (Å²) in [7, 11) is 0. The van der Waals surface area contributed by atoms with Gasteiger partial charge in [-0.1, -0.05) is 12.1 Å². The minimum atomic E-state index is -5.08. The number of halogens is 3. The molecule has 0 spiro atoms. The van der Waals surface area contributed by atoms with Crippen LogP contribution in [-0.2, 0) is 9.53 Å². The molecule has 3 rings (SSSR count). The summed E-state index contributed by atoms with van der Waals surface area (Å²) in [6, 6.07) is 9.66. The van der Waals surface area contributed by atoms with Crippen LogP contribution in [0.15, 0.2) is 52.4 Å². The third-order valence-corrected chi connectivity index (χ3v) is 3.92. The van der Waals surface area contributed by atoms with E-state index in [0.717, 1.165) is 5.57 Å². The Labute approximate surface area is 170 Å². The number of carboxylic acids is 1. The third-order valence-electron chi connectivity index (χ3n) is 3.92. The summed E-state index contributed by atoms with van der Waals surface area (Å²) in [5, 5.41) is 22.8. The maximum Gasteiger partial charge on any atom is 0.490 e. The first-order valence-electron chi connectivity index (χ1n) is 8.73. The number of fused-ring (bicyclic) bond motifs is 1. The second-order valence-corrected chi connectivity index (χ2v) is 6.03. The lowest BCUT2D eigenvalue weighted by atomic mass is 9.97. The number of carbonyl (C=O) groups is 1. The second-order valence-electron chi connectivity index (χ2n) is 6.03. The fraction of sp³-hybridized carbons (Fsp3) is 0.316. The molecule has 0 saturated carbocycles. The smallest absolute Gasteiger partial charge is 0.490 e. The molecule has 8 nitrogen and oxygen atoms in total. The number of hydrazone groups is 1. The number of hydrogen-bond acceptors (Lipinski definition) is 7. The van der Waals surface area contributed by atoms with Gasteiger partial charge in [0, 0.05) is 5.57 Å². The average Bonchev–Trinajstić information content (AvgIpc) is 2.68. The second kappa shape index (κ2) is 9.32. The summed E-state index contributed by atoms with van der Waals surface area (Å²) in [6.45, 7) is 4.71. The molecule has 2 aliphatic heterocycles. The molecule has 2 heterocycles. The number of aliphatic carboxylic acids is 1. The first-order valence-corrected chi connectivity index (χ1v) is 8.73. The molecule has 1 unspecified atom stereocenters. The zero-order valence-electron chi connectivity index (χ0n) is 16.1. The summed E-state index contributed by atoms with van der Waals surface area (Å²) in [6.07, 6.45) is -3.28. The zero-order chi connectivity index (χ0) is 22.5. The number of benzene rings is 1. The SMILES string of the molecule is CCOc1ccccc1N1N=C2COC(C)C=C2C(C#N)=C1N.O=C(O)C(F)(F)F. The van der Waals surface area contributed by atoms with Gasteiger partial charge in [-0.2, -0.15) is 23.5 Å².